The first-order valence-corrected chi connectivity index (χ1v) is 12.9. The lowest BCUT2D eigenvalue weighted by molar-refractivity contribution is -0.121. The van der Waals surface area contributed by atoms with E-state index < -0.39 is 10.0 Å². The largest absolute Gasteiger partial charge is 0.492 e. The quantitative estimate of drug-likeness (QED) is 0.464. The Morgan fingerprint density at radius 1 is 1.09 bits per heavy atom. The topological polar surface area (TPSA) is 75.7 Å². The van der Waals surface area contributed by atoms with E-state index in [0.717, 1.165) is 12.0 Å². The second-order valence-electron chi connectivity index (χ2n) is 8.51. The molecule has 0 unspecified atom stereocenters. The number of carbonyl (C=O) groups is 1. The lowest BCUT2D eigenvalue weighted by atomic mass is 9.87. The van der Waals surface area contributed by atoms with Crippen molar-refractivity contribution >= 4 is 44.8 Å². The van der Waals surface area contributed by atoms with E-state index in [2.05, 4.69) is 26.1 Å². The van der Waals surface area contributed by atoms with Crippen molar-refractivity contribution in [2.45, 2.75) is 39.0 Å². The van der Waals surface area contributed by atoms with E-state index in [4.69, 9.17) is 27.9 Å². The molecule has 9 heteroatoms. The summed E-state index contributed by atoms with van der Waals surface area (Å²) >= 11 is 12.1. The van der Waals surface area contributed by atoms with Gasteiger partial charge in [-0.1, -0.05) is 56.1 Å². The van der Waals surface area contributed by atoms with Gasteiger partial charge in [0, 0.05) is 18.0 Å². The molecule has 0 aliphatic rings. The first-order chi connectivity index (χ1) is 14.9. The van der Waals surface area contributed by atoms with Crippen LogP contribution in [-0.2, 0) is 20.2 Å². The number of sulfonamides is 1. The summed E-state index contributed by atoms with van der Waals surface area (Å²) < 4.78 is 31.2. The fraction of sp³-hybridized carbons (Fsp3) is 0.435. The molecule has 0 saturated carbocycles. The number of hydrogen-bond acceptors (Lipinski definition) is 4. The van der Waals surface area contributed by atoms with Gasteiger partial charge in [0.1, 0.15) is 12.4 Å². The molecule has 2 aromatic rings. The fourth-order valence-corrected chi connectivity index (χ4v) is 4.43. The molecular formula is C23H30Cl2N2O4S. The van der Waals surface area contributed by atoms with E-state index in [1.54, 1.807) is 12.1 Å². The van der Waals surface area contributed by atoms with Gasteiger partial charge in [-0.15, -0.1) is 0 Å². The summed E-state index contributed by atoms with van der Waals surface area (Å²) in [6.07, 6.45) is 1.59. The summed E-state index contributed by atoms with van der Waals surface area (Å²) in [5, 5.41) is 3.44. The van der Waals surface area contributed by atoms with Crippen LogP contribution in [0.25, 0.3) is 0 Å². The average Bonchev–Trinajstić information content (AvgIpc) is 2.69. The summed E-state index contributed by atoms with van der Waals surface area (Å²) in [6.45, 7) is 7.26. The molecule has 0 aliphatic heterocycles. The van der Waals surface area contributed by atoms with Gasteiger partial charge in [-0.25, -0.2) is 8.42 Å². The number of nitrogens with one attached hydrogen (secondary N) is 1. The molecule has 1 amide bonds. The van der Waals surface area contributed by atoms with Crippen LogP contribution < -0.4 is 14.4 Å². The van der Waals surface area contributed by atoms with Crippen LogP contribution in [0.4, 0.5) is 5.69 Å². The van der Waals surface area contributed by atoms with Crippen LogP contribution in [0.2, 0.25) is 10.0 Å². The highest BCUT2D eigenvalue weighted by atomic mass is 35.5. The van der Waals surface area contributed by atoms with E-state index in [9.17, 15) is 13.2 Å². The zero-order valence-electron chi connectivity index (χ0n) is 18.8. The van der Waals surface area contributed by atoms with Gasteiger partial charge in [-0.2, -0.15) is 0 Å². The Bertz CT molecular complexity index is 1020. The lowest BCUT2D eigenvalue weighted by Crippen LogP contribution is -2.33. The number of rotatable bonds is 10. The Morgan fingerprint density at radius 2 is 1.75 bits per heavy atom. The Balaban J connectivity index is 1.78. The van der Waals surface area contributed by atoms with E-state index in [0.29, 0.717) is 30.3 Å². The van der Waals surface area contributed by atoms with Gasteiger partial charge in [0.2, 0.25) is 15.9 Å². The molecule has 0 radical (unpaired) electrons. The number of halogens is 2. The smallest absolute Gasteiger partial charge is 0.232 e. The van der Waals surface area contributed by atoms with Gasteiger partial charge in [-0.3, -0.25) is 9.10 Å². The summed E-state index contributed by atoms with van der Waals surface area (Å²) in [5.41, 5.74) is 1.60. The maximum Gasteiger partial charge on any atom is 0.232 e. The fourth-order valence-electron chi connectivity index (χ4n) is 3.02. The molecule has 176 valence electrons. The number of hydrogen-bond donors (Lipinski definition) is 1. The normalized spacial score (nSPS) is 11.8. The first-order valence-electron chi connectivity index (χ1n) is 10.3. The van der Waals surface area contributed by atoms with Crippen molar-refractivity contribution in [1.82, 2.24) is 5.32 Å². The molecule has 32 heavy (non-hydrogen) atoms. The Labute approximate surface area is 200 Å². The van der Waals surface area contributed by atoms with Crippen LogP contribution >= 0.6 is 23.2 Å². The predicted octanol–water partition coefficient (Wildman–Crippen LogP) is 5.03. The Morgan fingerprint density at radius 3 is 2.34 bits per heavy atom. The highest BCUT2D eigenvalue weighted by Gasteiger charge is 2.20. The SMILES string of the molecule is CC(C)(C)c1ccc(OCCNC(=O)CCCN(c2cc(Cl)ccc2Cl)S(C)(=O)=O)cc1. The molecule has 0 spiro atoms. The zero-order chi connectivity index (χ0) is 23.9. The molecule has 0 aliphatic carbocycles. The van der Waals surface area contributed by atoms with Crippen molar-refractivity contribution < 1.29 is 17.9 Å². The lowest BCUT2D eigenvalue weighted by Gasteiger charge is -2.23. The van der Waals surface area contributed by atoms with Crippen molar-refractivity contribution in [1.29, 1.82) is 0 Å². The highest BCUT2D eigenvalue weighted by Crippen LogP contribution is 2.31. The minimum absolute atomic E-state index is 0.0807. The molecule has 0 saturated heterocycles. The molecule has 0 fully saturated rings. The van der Waals surface area contributed by atoms with Gasteiger partial charge in [-0.05, 0) is 47.7 Å². The number of carbonyl (C=O) groups excluding carboxylic acids is 1. The van der Waals surface area contributed by atoms with Gasteiger partial charge in [0.25, 0.3) is 0 Å². The maximum absolute atomic E-state index is 12.2. The van der Waals surface area contributed by atoms with Crippen molar-refractivity contribution in [2.24, 2.45) is 0 Å². The third-order valence-electron chi connectivity index (χ3n) is 4.76. The Hall–Kier alpha value is -1.96. The molecule has 0 bridgehead atoms. The summed E-state index contributed by atoms with van der Waals surface area (Å²) in [5.74, 6) is 0.566. The summed E-state index contributed by atoms with van der Waals surface area (Å²) in [7, 11) is -3.58. The molecule has 0 aromatic heterocycles. The minimum atomic E-state index is -3.58. The molecule has 6 nitrogen and oxygen atoms in total. The monoisotopic (exact) mass is 500 g/mol. The standard InChI is InChI=1S/C23H30Cl2N2O4S/c1-23(2,3)17-7-10-19(11-8-17)31-15-13-26-22(28)6-5-14-27(32(4,29)30)21-16-18(24)9-12-20(21)25/h7-12,16H,5-6,13-15H2,1-4H3,(H,26,28). The molecular weight excluding hydrogens is 471 g/mol. The van der Waals surface area contributed by atoms with Crippen LogP contribution in [0.5, 0.6) is 5.75 Å². The van der Waals surface area contributed by atoms with E-state index in [1.807, 2.05) is 24.3 Å². The van der Waals surface area contributed by atoms with Gasteiger partial charge < -0.3 is 10.1 Å². The number of ether oxygens (including phenoxy) is 1. The van der Waals surface area contributed by atoms with Crippen molar-refractivity contribution in [2.75, 3.05) is 30.3 Å². The molecule has 2 rings (SSSR count). The van der Waals surface area contributed by atoms with Crippen LogP contribution in [0.3, 0.4) is 0 Å². The van der Waals surface area contributed by atoms with Gasteiger partial charge in [0.05, 0.1) is 23.5 Å². The third-order valence-corrected chi connectivity index (χ3v) is 6.49. The third kappa shape index (κ3) is 8.19. The van der Waals surface area contributed by atoms with E-state index >= 15 is 0 Å². The second kappa shape index (κ2) is 11.3. The van der Waals surface area contributed by atoms with Crippen LogP contribution in [-0.4, -0.2) is 40.3 Å². The molecule has 1 N–H and O–H groups in total. The van der Waals surface area contributed by atoms with Crippen LogP contribution in [0.1, 0.15) is 39.2 Å². The number of benzene rings is 2. The number of amides is 1. The maximum atomic E-state index is 12.2. The summed E-state index contributed by atoms with van der Waals surface area (Å²) in [4.78, 5) is 12.1. The summed E-state index contributed by atoms with van der Waals surface area (Å²) in [6, 6.07) is 12.5. The first kappa shape index (κ1) is 26.3. The minimum Gasteiger partial charge on any atom is -0.492 e. The Kier molecular flexibility index (Phi) is 9.25. The van der Waals surface area contributed by atoms with E-state index in [-0.39, 0.29) is 29.3 Å². The van der Waals surface area contributed by atoms with E-state index in [1.165, 1.54) is 15.9 Å². The van der Waals surface area contributed by atoms with Crippen molar-refractivity contribution in [3.8, 4) is 5.75 Å². The molecule has 0 atom stereocenters. The van der Waals surface area contributed by atoms with Gasteiger partial charge in [0.15, 0.2) is 0 Å². The van der Waals surface area contributed by atoms with Crippen molar-refractivity contribution in [3.63, 3.8) is 0 Å². The number of nitrogens with zero attached hydrogens (tertiary/aromatic N) is 1. The van der Waals surface area contributed by atoms with Crippen molar-refractivity contribution in [3.05, 3.63) is 58.1 Å². The molecule has 2 aromatic carbocycles. The predicted molar refractivity (Wildman–Crippen MR) is 132 cm³/mol. The van der Waals surface area contributed by atoms with Crippen LogP contribution in [0.15, 0.2) is 42.5 Å². The van der Waals surface area contributed by atoms with Crippen LogP contribution in [0, 0.1) is 0 Å². The average molecular weight is 501 g/mol. The zero-order valence-corrected chi connectivity index (χ0v) is 21.1. The highest BCUT2D eigenvalue weighted by molar-refractivity contribution is 7.92. The molecule has 0 heterocycles. The second-order valence-corrected chi connectivity index (χ2v) is 11.3. The van der Waals surface area contributed by atoms with Gasteiger partial charge >= 0.3 is 0 Å². The number of anilines is 1.